The Hall–Kier alpha value is -2.44. The molecule has 0 radical (unpaired) electrons. The predicted molar refractivity (Wildman–Crippen MR) is 82.6 cm³/mol. The minimum absolute atomic E-state index is 0.282. The lowest BCUT2D eigenvalue weighted by Gasteiger charge is -2.19. The van der Waals surface area contributed by atoms with Crippen LogP contribution in [-0.4, -0.2) is 35.1 Å². The van der Waals surface area contributed by atoms with Crippen molar-refractivity contribution in [1.82, 2.24) is 15.0 Å². The van der Waals surface area contributed by atoms with Crippen molar-refractivity contribution in [3.63, 3.8) is 0 Å². The van der Waals surface area contributed by atoms with Crippen molar-refractivity contribution in [1.29, 1.82) is 0 Å². The summed E-state index contributed by atoms with van der Waals surface area (Å²) in [6.45, 7) is 5.69. The first-order valence-corrected chi connectivity index (χ1v) is 6.87. The third-order valence-electron chi connectivity index (χ3n) is 2.99. The average molecular weight is 290 g/mol. The van der Waals surface area contributed by atoms with Gasteiger partial charge in [0.1, 0.15) is 5.82 Å². The van der Waals surface area contributed by atoms with E-state index >= 15 is 0 Å². The fourth-order valence-corrected chi connectivity index (χ4v) is 1.84. The van der Waals surface area contributed by atoms with E-state index in [9.17, 15) is 4.39 Å². The van der Waals surface area contributed by atoms with Gasteiger partial charge in [-0.1, -0.05) is 0 Å². The minimum atomic E-state index is -0.282. The van der Waals surface area contributed by atoms with E-state index in [-0.39, 0.29) is 5.82 Å². The Labute approximate surface area is 123 Å². The molecule has 21 heavy (non-hydrogen) atoms. The van der Waals surface area contributed by atoms with E-state index < -0.39 is 0 Å². The SMILES string of the molecule is CCN(CC)c1nc(NC)nc(Nc2ccc(F)cc2)n1. The van der Waals surface area contributed by atoms with E-state index in [0.717, 1.165) is 18.8 Å². The zero-order chi connectivity index (χ0) is 15.2. The van der Waals surface area contributed by atoms with Crippen molar-refractivity contribution >= 4 is 23.5 Å². The van der Waals surface area contributed by atoms with Crippen LogP contribution in [0.2, 0.25) is 0 Å². The molecule has 0 fully saturated rings. The molecule has 1 heterocycles. The lowest BCUT2D eigenvalue weighted by atomic mass is 10.3. The number of nitrogens with one attached hydrogen (secondary N) is 2. The molecular weight excluding hydrogens is 271 g/mol. The van der Waals surface area contributed by atoms with Crippen molar-refractivity contribution in [2.75, 3.05) is 35.7 Å². The number of anilines is 4. The molecule has 0 amide bonds. The second kappa shape index (κ2) is 6.83. The van der Waals surface area contributed by atoms with Gasteiger partial charge in [-0.25, -0.2) is 4.39 Å². The maximum atomic E-state index is 12.9. The number of halogens is 1. The highest BCUT2D eigenvalue weighted by Gasteiger charge is 2.10. The largest absolute Gasteiger partial charge is 0.357 e. The van der Waals surface area contributed by atoms with Gasteiger partial charge in [0.25, 0.3) is 0 Å². The molecule has 0 aliphatic carbocycles. The van der Waals surface area contributed by atoms with Gasteiger partial charge >= 0.3 is 0 Å². The monoisotopic (exact) mass is 290 g/mol. The Bertz CT molecular complexity index is 583. The molecular formula is C14H19FN6. The lowest BCUT2D eigenvalue weighted by Crippen LogP contribution is -2.25. The molecule has 2 rings (SSSR count). The second-order valence-corrected chi connectivity index (χ2v) is 4.34. The number of aromatic nitrogens is 3. The van der Waals surface area contributed by atoms with Crippen molar-refractivity contribution in [2.24, 2.45) is 0 Å². The predicted octanol–water partition coefficient (Wildman–Crippen LogP) is 2.64. The Morgan fingerprint density at radius 3 is 2.19 bits per heavy atom. The Kier molecular flexibility index (Phi) is 4.86. The van der Waals surface area contributed by atoms with Gasteiger partial charge in [-0.3, -0.25) is 0 Å². The van der Waals surface area contributed by atoms with Gasteiger partial charge in [0.15, 0.2) is 0 Å². The standard InChI is InChI=1S/C14H19FN6/c1-4-21(5-2)14-19-12(16-3)18-13(20-14)17-11-8-6-10(15)7-9-11/h6-9H,4-5H2,1-3H3,(H2,16,17,18,19,20). The number of hydrogen-bond acceptors (Lipinski definition) is 6. The van der Waals surface area contributed by atoms with Gasteiger partial charge in [-0.15, -0.1) is 0 Å². The second-order valence-electron chi connectivity index (χ2n) is 4.34. The van der Waals surface area contributed by atoms with Gasteiger partial charge in [0, 0.05) is 25.8 Å². The molecule has 2 aromatic rings. The summed E-state index contributed by atoms with van der Waals surface area (Å²) in [5.41, 5.74) is 0.718. The van der Waals surface area contributed by atoms with E-state index in [1.807, 2.05) is 18.7 Å². The molecule has 0 spiro atoms. The van der Waals surface area contributed by atoms with E-state index in [2.05, 4.69) is 25.6 Å². The zero-order valence-corrected chi connectivity index (χ0v) is 12.4. The molecule has 2 N–H and O–H groups in total. The van der Waals surface area contributed by atoms with E-state index in [1.54, 1.807) is 19.2 Å². The van der Waals surface area contributed by atoms with Crippen LogP contribution in [-0.2, 0) is 0 Å². The molecule has 0 saturated carbocycles. The molecule has 7 heteroatoms. The Morgan fingerprint density at radius 1 is 1.00 bits per heavy atom. The van der Waals surface area contributed by atoms with Crippen LogP contribution in [0.1, 0.15) is 13.8 Å². The fraction of sp³-hybridized carbons (Fsp3) is 0.357. The molecule has 0 unspecified atom stereocenters. The topological polar surface area (TPSA) is 66.0 Å². The number of rotatable bonds is 6. The van der Waals surface area contributed by atoms with E-state index in [0.29, 0.717) is 17.8 Å². The summed E-state index contributed by atoms with van der Waals surface area (Å²) in [7, 11) is 1.75. The van der Waals surface area contributed by atoms with Crippen LogP contribution in [0.5, 0.6) is 0 Å². The first-order chi connectivity index (χ1) is 10.2. The van der Waals surface area contributed by atoms with Gasteiger partial charge in [-0.2, -0.15) is 15.0 Å². The first kappa shape index (κ1) is 15.0. The summed E-state index contributed by atoms with van der Waals surface area (Å²) in [5.74, 6) is 1.22. The minimum Gasteiger partial charge on any atom is -0.357 e. The molecule has 1 aromatic heterocycles. The van der Waals surface area contributed by atoms with Gasteiger partial charge in [-0.05, 0) is 38.1 Å². The first-order valence-electron chi connectivity index (χ1n) is 6.87. The van der Waals surface area contributed by atoms with Crippen LogP contribution in [0.3, 0.4) is 0 Å². The molecule has 0 saturated heterocycles. The molecule has 1 aromatic carbocycles. The third kappa shape index (κ3) is 3.77. The molecule has 0 atom stereocenters. The fourth-order valence-electron chi connectivity index (χ4n) is 1.84. The molecule has 0 bridgehead atoms. The summed E-state index contributed by atoms with van der Waals surface area (Å²) in [6, 6.07) is 6.03. The van der Waals surface area contributed by atoms with Gasteiger partial charge in [0.05, 0.1) is 0 Å². The summed E-state index contributed by atoms with van der Waals surface area (Å²) < 4.78 is 12.9. The van der Waals surface area contributed by atoms with Crippen molar-refractivity contribution in [3.8, 4) is 0 Å². The van der Waals surface area contributed by atoms with Crippen molar-refractivity contribution in [3.05, 3.63) is 30.1 Å². The molecule has 112 valence electrons. The Balaban J connectivity index is 2.29. The lowest BCUT2D eigenvalue weighted by molar-refractivity contribution is 0.628. The van der Waals surface area contributed by atoms with Crippen LogP contribution in [0.25, 0.3) is 0 Å². The highest BCUT2D eigenvalue weighted by atomic mass is 19.1. The van der Waals surface area contributed by atoms with Crippen LogP contribution in [0, 0.1) is 5.82 Å². The van der Waals surface area contributed by atoms with Crippen LogP contribution < -0.4 is 15.5 Å². The summed E-state index contributed by atoms with van der Waals surface area (Å²) >= 11 is 0. The summed E-state index contributed by atoms with van der Waals surface area (Å²) in [6.07, 6.45) is 0. The normalized spacial score (nSPS) is 10.3. The summed E-state index contributed by atoms with van der Waals surface area (Å²) in [4.78, 5) is 15.0. The zero-order valence-electron chi connectivity index (χ0n) is 12.4. The summed E-state index contributed by atoms with van der Waals surface area (Å²) in [5, 5.41) is 5.97. The molecule has 6 nitrogen and oxygen atoms in total. The molecule has 0 aliphatic rings. The maximum absolute atomic E-state index is 12.9. The van der Waals surface area contributed by atoms with Crippen LogP contribution in [0.15, 0.2) is 24.3 Å². The van der Waals surface area contributed by atoms with Gasteiger partial charge < -0.3 is 15.5 Å². The Morgan fingerprint density at radius 2 is 1.62 bits per heavy atom. The van der Waals surface area contributed by atoms with Crippen LogP contribution >= 0.6 is 0 Å². The quantitative estimate of drug-likeness (QED) is 0.852. The third-order valence-corrected chi connectivity index (χ3v) is 2.99. The highest BCUT2D eigenvalue weighted by molar-refractivity contribution is 5.55. The number of nitrogens with zero attached hydrogens (tertiary/aromatic N) is 4. The number of benzene rings is 1. The highest BCUT2D eigenvalue weighted by Crippen LogP contribution is 2.17. The molecule has 0 aliphatic heterocycles. The van der Waals surface area contributed by atoms with Gasteiger partial charge in [0.2, 0.25) is 17.8 Å². The smallest absolute Gasteiger partial charge is 0.233 e. The van der Waals surface area contributed by atoms with E-state index in [1.165, 1.54) is 12.1 Å². The van der Waals surface area contributed by atoms with E-state index in [4.69, 9.17) is 0 Å². The average Bonchev–Trinajstić information content (AvgIpc) is 2.50. The van der Waals surface area contributed by atoms with Crippen LogP contribution in [0.4, 0.5) is 27.9 Å². The van der Waals surface area contributed by atoms with Crippen molar-refractivity contribution in [2.45, 2.75) is 13.8 Å². The number of hydrogen-bond donors (Lipinski definition) is 2. The maximum Gasteiger partial charge on any atom is 0.233 e. The van der Waals surface area contributed by atoms with Crippen molar-refractivity contribution < 1.29 is 4.39 Å².